The Kier molecular flexibility index (Phi) is 7.97. The minimum Gasteiger partial charge on any atom is -0.493 e. The van der Waals surface area contributed by atoms with Crippen molar-refractivity contribution < 1.29 is 47.3 Å². The number of rotatable bonds is 9. The molecule has 1 aliphatic rings. The Bertz CT molecular complexity index is 1030. The lowest BCUT2D eigenvalue weighted by atomic mass is 9.72. The highest BCUT2D eigenvalue weighted by Crippen LogP contribution is 2.44. The van der Waals surface area contributed by atoms with E-state index in [0.29, 0.717) is 41.2 Å². The SMILES string of the molecule is COc1cc(C(=O)C2CCCCC2c2ccc(F)c(OOP(=O)(O)O)c2)cc(OC)c1OC. The molecule has 0 amide bonds. The van der Waals surface area contributed by atoms with Crippen LogP contribution in [0.3, 0.4) is 0 Å². The van der Waals surface area contributed by atoms with Gasteiger partial charge >= 0.3 is 7.82 Å². The van der Waals surface area contributed by atoms with Crippen LogP contribution in [0, 0.1) is 11.7 Å². The summed E-state index contributed by atoms with van der Waals surface area (Å²) in [6, 6.07) is 7.15. The van der Waals surface area contributed by atoms with E-state index in [1.165, 1.54) is 33.5 Å². The van der Waals surface area contributed by atoms with Gasteiger partial charge in [0.2, 0.25) is 11.5 Å². The Morgan fingerprint density at radius 3 is 2.18 bits per heavy atom. The highest BCUT2D eigenvalue weighted by molar-refractivity contribution is 7.46. The van der Waals surface area contributed by atoms with Gasteiger partial charge in [-0.25, -0.2) is 8.96 Å². The third-order valence-corrected chi connectivity index (χ3v) is 5.93. The smallest absolute Gasteiger partial charge is 0.493 e. The van der Waals surface area contributed by atoms with E-state index in [2.05, 4.69) is 9.56 Å². The first-order valence-electron chi connectivity index (χ1n) is 10.2. The predicted octanol–water partition coefficient (Wildman–Crippen LogP) is 4.41. The average Bonchev–Trinajstić information content (AvgIpc) is 2.81. The summed E-state index contributed by atoms with van der Waals surface area (Å²) < 4.78 is 45.0. The zero-order valence-electron chi connectivity index (χ0n) is 18.4. The molecule has 9 nitrogen and oxygen atoms in total. The second kappa shape index (κ2) is 10.5. The van der Waals surface area contributed by atoms with Crippen LogP contribution in [0.1, 0.15) is 47.5 Å². The predicted molar refractivity (Wildman–Crippen MR) is 115 cm³/mol. The van der Waals surface area contributed by atoms with Crippen LogP contribution in [0.25, 0.3) is 0 Å². The molecule has 0 saturated heterocycles. The second-order valence-corrected chi connectivity index (χ2v) is 8.74. The summed E-state index contributed by atoms with van der Waals surface area (Å²) in [5, 5.41) is 0. The molecule has 180 valence electrons. The first-order valence-corrected chi connectivity index (χ1v) is 11.8. The molecule has 2 aromatic rings. The Morgan fingerprint density at radius 1 is 0.970 bits per heavy atom. The highest BCUT2D eigenvalue weighted by atomic mass is 31.2. The lowest BCUT2D eigenvalue weighted by Crippen LogP contribution is -2.26. The molecule has 1 fully saturated rings. The summed E-state index contributed by atoms with van der Waals surface area (Å²) in [5.41, 5.74) is 0.996. The van der Waals surface area contributed by atoms with Crippen molar-refractivity contribution in [3.63, 3.8) is 0 Å². The first-order chi connectivity index (χ1) is 15.7. The molecule has 0 aromatic heterocycles. The van der Waals surface area contributed by atoms with Gasteiger partial charge in [-0.3, -0.25) is 4.79 Å². The Hall–Kier alpha value is -2.65. The molecule has 2 aromatic carbocycles. The molecule has 0 bridgehead atoms. The van der Waals surface area contributed by atoms with Gasteiger partial charge in [0.15, 0.2) is 23.1 Å². The lowest BCUT2D eigenvalue weighted by molar-refractivity contribution is -0.125. The Labute approximate surface area is 190 Å². The maximum Gasteiger partial charge on any atom is 0.505 e. The summed E-state index contributed by atoms with van der Waals surface area (Å²) >= 11 is 0. The molecule has 2 N–H and O–H groups in total. The van der Waals surface area contributed by atoms with Gasteiger partial charge < -0.3 is 28.9 Å². The van der Waals surface area contributed by atoms with Crippen LogP contribution >= 0.6 is 7.82 Å². The quantitative estimate of drug-likeness (QED) is 0.231. The molecule has 3 rings (SSSR count). The molecule has 2 atom stereocenters. The second-order valence-electron chi connectivity index (χ2n) is 7.61. The molecule has 0 spiro atoms. The van der Waals surface area contributed by atoms with Crippen molar-refractivity contribution in [1.82, 2.24) is 0 Å². The van der Waals surface area contributed by atoms with Crippen molar-refractivity contribution in [2.24, 2.45) is 5.92 Å². The summed E-state index contributed by atoms with van der Waals surface area (Å²) in [6.45, 7) is 0. The van der Waals surface area contributed by atoms with Crippen LogP contribution in [0.2, 0.25) is 0 Å². The molecule has 11 heteroatoms. The molecule has 1 saturated carbocycles. The topological polar surface area (TPSA) is 121 Å². The van der Waals surface area contributed by atoms with Gasteiger partial charge in [-0.05, 0) is 48.6 Å². The van der Waals surface area contributed by atoms with Crippen LogP contribution in [0.15, 0.2) is 30.3 Å². The van der Waals surface area contributed by atoms with Crippen molar-refractivity contribution in [1.29, 1.82) is 0 Å². The van der Waals surface area contributed by atoms with Crippen LogP contribution in [-0.4, -0.2) is 36.9 Å². The van der Waals surface area contributed by atoms with Crippen molar-refractivity contribution >= 4 is 13.6 Å². The van der Waals surface area contributed by atoms with E-state index in [0.717, 1.165) is 18.9 Å². The number of methoxy groups -OCH3 is 3. The van der Waals surface area contributed by atoms with Crippen molar-refractivity contribution in [2.75, 3.05) is 21.3 Å². The van der Waals surface area contributed by atoms with Gasteiger partial charge in [0, 0.05) is 11.5 Å². The fourth-order valence-electron chi connectivity index (χ4n) is 4.18. The molecular weight excluding hydrogens is 458 g/mol. The number of carbonyl (C=O) groups excluding carboxylic acids is 1. The van der Waals surface area contributed by atoms with E-state index in [-0.39, 0.29) is 11.7 Å². The van der Waals surface area contributed by atoms with E-state index >= 15 is 0 Å². The maximum atomic E-state index is 14.1. The van der Waals surface area contributed by atoms with E-state index in [1.807, 2.05) is 0 Å². The van der Waals surface area contributed by atoms with Crippen molar-refractivity contribution in [3.05, 3.63) is 47.3 Å². The highest BCUT2D eigenvalue weighted by Gasteiger charge is 2.34. The van der Waals surface area contributed by atoms with Gasteiger partial charge in [0.1, 0.15) is 0 Å². The summed E-state index contributed by atoms with van der Waals surface area (Å²) in [6.07, 6.45) is 3.01. The summed E-state index contributed by atoms with van der Waals surface area (Å²) in [7, 11) is -0.556. The van der Waals surface area contributed by atoms with E-state index in [4.69, 9.17) is 24.0 Å². The fraction of sp³-hybridized carbons (Fsp3) is 0.409. The average molecular weight is 484 g/mol. The monoisotopic (exact) mass is 484 g/mol. The standard InChI is InChI=1S/C22H26FO9P/c1-28-19-11-14(12-20(29-2)22(19)30-3)21(24)16-7-5-4-6-15(16)13-8-9-17(23)18(10-13)31-32-33(25,26)27/h8-12,15-16H,4-7H2,1-3H3,(H2,25,26,27). The third-order valence-electron chi connectivity index (χ3n) is 5.66. The van der Waals surface area contributed by atoms with Gasteiger partial charge in [0.05, 0.1) is 21.3 Å². The number of halogens is 1. The summed E-state index contributed by atoms with van der Waals surface area (Å²) in [5.74, 6) is -1.03. The van der Waals surface area contributed by atoms with Crippen LogP contribution in [0.4, 0.5) is 4.39 Å². The minimum absolute atomic E-state index is 0.128. The number of hydrogen-bond acceptors (Lipinski definition) is 7. The largest absolute Gasteiger partial charge is 0.505 e. The maximum absolute atomic E-state index is 14.1. The first kappa shape index (κ1) is 25.0. The number of ketones is 1. The van der Waals surface area contributed by atoms with Gasteiger partial charge in [-0.1, -0.05) is 23.6 Å². The Morgan fingerprint density at radius 2 is 1.61 bits per heavy atom. The number of benzene rings is 2. The van der Waals surface area contributed by atoms with Crippen LogP contribution in [-0.2, 0) is 9.24 Å². The van der Waals surface area contributed by atoms with Gasteiger partial charge in [0.25, 0.3) is 0 Å². The number of hydrogen-bond donors (Lipinski definition) is 2. The third kappa shape index (κ3) is 5.83. The Balaban J connectivity index is 1.94. The zero-order valence-corrected chi connectivity index (χ0v) is 19.3. The molecular formula is C22H26FO9P. The number of carbonyl (C=O) groups is 1. The number of Topliss-reactive ketones (excluding diaryl/α,β-unsaturated/α-hetero) is 1. The molecule has 33 heavy (non-hydrogen) atoms. The molecule has 0 radical (unpaired) electrons. The zero-order chi connectivity index (χ0) is 24.2. The van der Waals surface area contributed by atoms with Crippen LogP contribution < -0.4 is 19.1 Å². The number of ether oxygens (including phenoxy) is 3. The fourth-order valence-corrected chi connectivity index (χ4v) is 4.36. The van der Waals surface area contributed by atoms with Gasteiger partial charge in [-0.15, -0.1) is 0 Å². The van der Waals surface area contributed by atoms with E-state index in [1.54, 1.807) is 12.1 Å². The minimum atomic E-state index is -4.97. The molecule has 1 aliphatic carbocycles. The van der Waals surface area contributed by atoms with Crippen molar-refractivity contribution in [3.8, 4) is 23.0 Å². The number of phosphoric acid groups is 1. The van der Waals surface area contributed by atoms with Crippen LogP contribution in [0.5, 0.6) is 23.0 Å². The summed E-state index contributed by atoms with van der Waals surface area (Å²) in [4.78, 5) is 35.7. The van der Waals surface area contributed by atoms with Gasteiger partial charge in [-0.2, -0.15) is 0 Å². The van der Waals surface area contributed by atoms with E-state index < -0.39 is 25.3 Å². The normalized spacial score (nSPS) is 18.5. The molecule has 0 aliphatic heterocycles. The lowest BCUT2D eigenvalue weighted by Gasteiger charge is -2.31. The van der Waals surface area contributed by atoms with Crippen molar-refractivity contribution in [2.45, 2.75) is 31.6 Å². The molecule has 2 unspecified atom stereocenters. The van der Waals surface area contributed by atoms with E-state index in [9.17, 15) is 13.8 Å². The molecule has 0 heterocycles.